The van der Waals surface area contributed by atoms with Crippen LogP contribution in [0.5, 0.6) is 0 Å². The maximum absolute atomic E-state index is 5.32. The van der Waals surface area contributed by atoms with Crippen LogP contribution in [-0.4, -0.2) is 17.0 Å². The van der Waals surface area contributed by atoms with Gasteiger partial charge in [0.25, 0.3) is 0 Å². The standard InChI is InChI=1S/C14H19N3O/c1-9-10(6-7-18-9)13-16-11(14(2,3)4)8-12(15-5)17-13/h6-8H,1-5H3,(H,15,16,17). The topological polar surface area (TPSA) is 51.0 Å². The van der Waals surface area contributed by atoms with Crippen LogP contribution >= 0.6 is 0 Å². The number of nitrogens with one attached hydrogen (secondary N) is 1. The van der Waals surface area contributed by atoms with Gasteiger partial charge >= 0.3 is 0 Å². The monoisotopic (exact) mass is 245 g/mol. The van der Waals surface area contributed by atoms with Crippen molar-refractivity contribution in [2.45, 2.75) is 33.1 Å². The van der Waals surface area contributed by atoms with Gasteiger partial charge in [0.1, 0.15) is 11.6 Å². The van der Waals surface area contributed by atoms with Gasteiger partial charge in [-0.1, -0.05) is 20.8 Å². The van der Waals surface area contributed by atoms with Crippen molar-refractivity contribution in [3.05, 3.63) is 29.9 Å². The normalized spacial score (nSPS) is 11.6. The molecule has 0 fully saturated rings. The van der Waals surface area contributed by atoms with Gasteiger partial charge in [0, 0.05) is 18.5 Å². The summed E-state index contributed by atoms with van der Waals surface area (Å²) in [5, 5.41) is 3.08. The highest BCUT2D eigenvalue weighted by Crippen LogP contribution is 2.27. The molecule has 0 atom stereocenters. The molecular weight excluding hydrogens is 226 g/mol. The number of hydrogen-bond acceptors (Lipinski definition) is 4. The van der Waals surface area contributed by atoms with Crippen LogP contribution in [0.2, 0.25) is 0 Å². The number of aryl methyl sites for hydroxylation is 1. The number of furan rings is 1. The Morgan fingerprint density at radius 3 is 2.44 bits per heavy atom. The van der Waals surface area contributed by atoms with Crippen molar-refractivity contribution in [1.82, 2.24) is 9.97 Å². The number of rotatable bonds is 2. The van der Waals surface area contributed by atoms with E-state index in [1.165, 1.54) is 0 Å². The van der Waals surface area contributed by atoms with Crippen molar-refractivity contribution >= 4 is 5.82 Å². The highest BCUT2D eigenvalue weighted by atomic mass is 16.3. The maximum atomic E-state index is 5.32. The van der Waals surface area contributed by atoms with Crippen LogP contribution in [0.3, 0.4) is 0 Å². The minimum atomic E-state index is -0.0130. The molecular formula is C14H19N3O. The van der Waals surface area contributed by atoms with Gasteiger partial charge in [-0.25, -0.2) is 9.97 Å². The number of hydrogen-bond donors (Lipinski definition) is 1. The van der Waals surface area contributed by atoms with Gasteiger partial charge in [0.05, 0.1) is 17.5 Å². The Labute approximate surface area is 107 Å². The first-order valence-corrected chi connectivity index (χ1v) is 6.03. The van der Waals surface area contributed by atoms with E-state index in [4.69, 9.17) is 4.42 Å². The molecule has 0 bridgehead atoms. The van der Waals surface area contributed by atoms with Crippen molar-refractivity contribution in [2.75, 3.05) is 12.4 Å². The van der Waals surface area contributed by atoms with Crippen LogP contribution in [0.15, 0.2) is 22.8 Å². The lowest BCUT2D eigenvalue weighted by Crippen LogP contribution is -2.15. The number of anilines is 1. The Balaban J connectivity index is 2.58. The van der Waals surface area contributed by atoms with Crippen molar-refractivity contribution in [3.63, 3.8) is 0 Å². The second kappa shape index (κ2) is 4.44. The van der Waals surface area contributed by atoms with Gasteiger partial charge in [-0.2, -0.15) is 0 Å². The molecule has 2 aromatic rings. The van der Waals surface area contributed by atoms with Crippen LogP contribution in [0.1, 0.15) is 32.2 Å². The fourth-order valence-electron chi connectivity index (χ4n) is 1.70. The highest BCUT2D eigenvalue weighted by Gasteiger charge is 2.19. The van der Waals surface area contributed by atoms with Crippen LogP contribution < -0.4 is 5.32 Å². The zero-order chi connectivity index (χ0) is 13.3. The summed E-state index contributed by atoms with van der Waals surface area (Å²) in [4.78, 5) is 9.13. The van der Waals surface area contributed by atoms with Crippen molar-refractivity contribution in [1.29, 1.82) is 0 Å². The lowest BCUT2D eigenvalue weighted by Gasteiger charge is -2.19. The van der Waals surface area contributed by atoms with Crippen LogP contribution in [0.25, 0.3) is 11.4 Å². The third-order valence-corrected chi connectivity index (χ3v) is 2.85. The summed E-state index contributed by atoms with van der Waals surface area (Å²) in [6, 6.07) is 3.88. The Hall–Kier alpha value is -1.84. The lowest BCUT2D eigenvalue weighted by molar-refractivity contribution is 0.534. The number of aromatic nitrogens is 2. The van der Waals surface area contributed by atoms with E-state index in [-0.39, 0.29) is 5.41 Å². The fourth-order valence-corrected chi connectivity index (χ4v) is 1.70. The van der Waals surface area contributed by atoms with Gasteiger partial charge in [-0.05, 0) is 13.0 Å². The summed E-state index contributed by atoms with van der Waals surface area (Å²) in [6.45, 7) is 8.34. The predicted octanol–water partition coefficient (Wildman–Crippen LogP) is 3.38. The largest absolute Gasteiger partial charge is 0.469 e. The average molecular weight is 245 g/mol. The van der Waals surface area contributed by atoms with Crippen molar-refractivity contribution in [3.8, 4) is 11.4 Å². The summed E-state index contributed by atoms with van der Waals surface area (Å²) in [7, 11) is 1.86. The first-order chi connectivity index (χ1) is 8.41. The molecule has 2 heterocycles. The lowest BCUT2D eigenvalue weighted by atomic mass is 9.92. The van der Waals surface area contributed by atoms with Gasteiger partial charge in [-0.15, -0.1) is 0 Å². The number of nitrogens with zero attached hydrogens (tertiary/aromatic N) is 2. The molecule has 0 aliphatic rings. The zero-order valence-electron chi connectivity index (χ0n) is 11.5. The first kappa shape index (κ1) is 12.6. The zero-order valence-corrected chi connectivity index (χ0v) is 11.5. The Bertz CT molecular complexity index is 552. The minimum Gasteiger partial charge on any atom is -0.469 e. The van der Waals surface area contributed by atoms with Gasteiger partial charge in [0.15, 0.2) is 5.82 Å². The average Bonchev–Trinajstić information content (AvgIpc) is 2.73. The van der Waals surface area contributed by atoms with Gasteiger partial charge in [-0.3, -0.25) is 0 Å². The second-order valence-electron chi connectivity index (χ2n) is 5.35. The molecule has 18 heavy (non-hydrogen) atoms. The third kappa shape index (κ3) is 2.37. The molecule has 0 saturated heterocycles. The quantitative estimate of drug-likeness (QED) is 0.881. The third-order valence-electron chi connectivity index (χ3n) is 2.85. The molecule has 96 valence electrons. The predicted molar refractivity (Wildman–Crippen MR) is 72.7 cm³/mol. The molecule has 4 nitrogen and oxygen atoms in total. The summed E-state index contributed by atoms with van der Waals surface area (Å²) in [5.74, 6) is 2.37. The van der Waals surface area contributed by atoms with E-state index in [1.807, 2.05) is 26.1 Å². The Morgan fingerprint density at radius 2 is 1.94 bits per heavy atom. The van der Waals surface area contributed by atoms with E-state index in [1.54, 1.807) is 6.26 Å². The molecule has 0 spiro atoms. The van der Waals surface area contributed by atoms with Gasteiger partial charge < -0.3 is 9.73 Å². The van der Waals surface area contributed by atoms with E-state index in [0.717, 1.165) is 22.8 Å². The van der Waals surface area contributed by atoms with E-state index in [9.17, 15) is 0 Å². The molecule has 0 radical (unpaired) electrons. The summed E-state index contributed by atoms with van der Waals surface area (Å²) >= 11 is 0. The fraction of sp³-hybridized carbons (Fsp3) is 0.429. The van der Waals surface area contributed by atoms with Crippen molar-refractivity contribution in [2.24, 2.45) is 0 Å². The highest BCUT2D eigenvalue weighted by molar-refractivity contribution is 5.59. The van der Waals surface area contributed by atoms with E-state index >= 15 is 0 Å². The maximum Gasteiger partial charge on any atom is 0.165 e. The molecule has 0 saturated carbocycles. The molecule has 2 aromatic heterocycles. The van der Waals surface area contributed by atoms with E-state index in [2.05, 4.69) is 36.1 Å². The smallest absolute Gasteiger partial charge is 0.165 e. The summed E-state index contributed by atoms with van der Waals surface area (Å²) in [6.07, 6.45) is 1.66. The second-order valence-corrected chi connectivity index (χ2v) is 5.35. The molecule has 2 rings (SSSR count). The van der Waals surface area contributed by atoms with E-state index in [0.29, 0.717) is 5.82 Å². The molecule has 4 heteroatoms. The van der Waals surface area contributed by atoms with Crippen LogP contribution in [0.4, 0.5) is 5.82 Å². The molecule has 0 aliphatic heterocycles. The van der Waals surface area contributed by atoms with Gasteiger partial charge in [0.2, 0.25) is 0 Å². The molecule has 1 N–H and O–H groups in total. The summed E-state index contributed by atoms with van der Waals surface area (Å²) in [5.41, 5.74) is 1.94. The SMILES string of the molecule is CNc1cc(C(C)(C)C)nc(-c2ccoc2C)n1. The molecule has 0 aromatic carbocycles. The minimum absolute atomic E-state index is 0.0130. The first-order valence-electron chi connectivity index (χ1n) is 6.03. The molecule has 0 unspecified atom stereocenters. The molecule has 0 aliphatic carbocycles. The van der Waals surface area contributed by atoms with Crippen molar-refractivity contribution < 1.29 is 4.42 Å². The Morgan fingerprint density at radius 1 is 1.22 bits per heavy atom. The van der Waals surface area contributed by atoms with E-state index < -0.39 is 0 Å². The van der Waals surface area contributed by atoms with Crippen LogP contribution in [-0.2, 0) is 5.41 Å². The Kier molecular flexibility index (Phi) is 3.11. The summed E-state index contributed by atoms with van der Waals surface area (Å²) < 4.78 is 5.32. The van der Waals surface area contributed by atoms with Crippen LogP contribution in [0, 0.1) is 6.92 Å². The molecule has 0 amide bonds.